The average Bonchev–Trinajstić information content (AvgIpc) is 3.19. The molecule has 0 spiro atoms. The van der Waals surface area contributed by atoms with Crippen molar-refractivity contribution in [3.05, 3.63) is 23.4 Å². The molecule has 3 N–H and O–H groups in total. The Bertz CT molecular complexity index is 1190. The molecule has 1 fully saturated rings. The van der Waals surface area contributed by atoms with E-state index in [1.807, 2.05) is 0 Å². The first-order valence-electron chi connectivity index (χ1n) is 11.8. The number of nitrogens with one attached hydrogen (secondary N) is 2. The average molecular weight is 537 g/mol. The zero-order valence-corrected chi connectivity index (χ0v) is 22.7. The first kappa shape index (κ1) is 28.4. The number of hydrogen-bond donors (Lipinski definition) is 3. The van der Waals surface area contributed by atoms with Crippen molar-refractivity contribution in [1.82, 2.24) is 20.6 Å². The zero-order chi connectivity index (χ0) is 27.7. The van der Waals surface area contributed by atoms with E-state index in [2.05, 4.69) is 20.6 Å². The summed E-state index contributed by atoms with van der Waals surface area (Å²) < 4.78 is 16.6. The smallest absolute Gasteiger partial charge is 0.408 e. The third-order valence-electron chi connectivity index (χ3n) is 5.70. The number of aromatic nitrogens is 2. The first-order valence-corrected chi connectivity index (χ1v) is 12.2. The Morgan fingerprint density at radius 3 is 2.38 bits per heavy atom. The predicted molar refractivity (Wildman–Crippen MR) is 136 cm³/mol. The van der Waals surface area contributed by atoms with E-state index in [4.69, 9.17) is 25.8 Å². The Labute approximate surface area is 220 Å². The van der Waals surface area contributed by atoms with Gasteiger partial charge < -0.3 is 24.6 Å². The highest BCUT2D eigenvalue weighted by Gasteiger charge is 2.48. The molecule has 1 aromatic heterocycles. The minimum Gasteiger partial charge on any atom is -0.497 e. The molecule has 0 saturated carbocycles. The lowest BCUT2D eigenvalue weighted by Gasteiger charge is -2.34. The fraction of sp³-hybridized carbons (Fsp3) is 0.560. The molecule has 1 aliphatic heterocycles. The van der Waals surface area contributed by atoms with E-state index in [1.54, 1.807) is 59.7 Å². The van der Waals surface area contributed by atoms with Crippen LogP contribution in [0.3, 0.4) is 0 Å². The van der Waals surface area contributed by atoms with E-state index in [-0.39, 0.29) is 17.5 Å². The van der Waals surface area contributed by atoms with Crippen LogP contribution in [0.1, 0.15) is 48.0 Å². The lowest BCUT2D eigenvalue weighted by molar-refractivity contribution is -0.139. The molecule has 0 radical (unpaired) electrons. The summed E-state index contributed by atoms with van der Waals surface area (Å²) in [6.07, 6.45) is -1.75. The van der Waals surface area contributed by atoms with Crippen molar-refractivity contribution in [3.63, 3.8) is 0 Å². The molecular formula is C25H33ClN4O7. The standard InChI is InChI=1S/C25H33ClN4O7/c1-24(2,3)19(30-23(34)37-25(4,5)6)18(31)17-16(11-15(27-17)22(32)33)36-21-20(26)28-13-9-8-12(35-7)10-14(13)29-21/h8-10,15-17,19,27H,11H2,1-7H3,(H,30,34)(H,32,33)/t15?,16?,17?,19-/m0/s1. The topological polar surface area (TPSA) is 149 Å². The minimum absolute atomic E-state index is 0.0385. The van der Waals surface area contributed by atoms with Crippen molar-refractivity contribution in [1.29, 1.82) is 0 Å². The molecule has 1 amide bonds. The molecule has 3 unspecified atom stereocenters. The molecule has 3 rings (SSSR count). The minimum atomic E-state index is -1.14. The summed E-state index contributed by atoms with van der Waals surface area (Å²) in [6, 6.07) is 1.90. The van der Waals surface area contributed by atoms with Gasteiger partial charge in [-0.05, 0) is 38.3 Å². The molecule has 1 saturated heterocycles. The van der Waals surface area contributed by atoms with Crippen LogP contribution < -0.4 is 20.1 Å². The van der Waals surface area contributed by atoms with Crippen LogP contribution in [0, 0.1) is 5.41 Å². The number of methoxy groups -OCH3 is 1. The number of aliphatic carboxylic acids is 1. The van der Waals surface area contributed by atoms with Gasteiger partial charge in [-0.2, -0.15) is 0 Å². The Hall–Kier alpha value is -3.18. The monoisotopic (exact) mass is 536 g/mol. The van der Waals surface area contributed by atoms with Crippen LogP contribution in [0.4, 0.5) is 4.79 Å². The fourth-order valence-electron chi connectivity index (χ4n) is 3.98. The number of halogens is 1. The van der Waals surface area contributed by atoms with Crippen molar-refractivity contribution in [3.8, 4) is 11.6 Å². The summed E-state index contributed by atoms with van der Waals surface area (Å²) in [4.78, 5) is 46.8. The van der Waals surface area contributed by atoms with Gasteiger partial charge in [-0.1, -0.05) is 32.4 Å². The van der Waals surface area contributed by atoms with Crippen molar-refractivity contribution in [2.45, 2.75) is 77.8 Å². The van der Waals surface area contributed by atoms with Crippen LogP contribution in [0.25, 0.3) is 11.0 Å². The van der Waals surface area contributed by atoms with Crippen molar-refractivity contribution in [2.75, 3.05) is 7.11 Å². The predicted octanol–water partition coefficient (Wildman–Crippen LogP) is 3.36. The van der Waals surface area contributed by atoms with Gasteiger partial charge in [0.25, 0.3) is 5.88 Å². The van der Waals surface area contributed by atoms with E-state index >= 15 is 0 Å². The summed E-state index contributed by atoms with van der Waals surface area (Å²) >= 11 is 6.32. The first-order chi connectivity index (χ1) is 17.1. The maximum atomic E-state index is 13.8. The largest absolute Gasteiger partial charge is 0.497 e. The summed E-state index contributed by atoms with van der Waals surface area (Å²) in [6.45, 7) is 10.5. The van der Waals surface area contributed by atoms with Gasteiger partial charge in [-0.25, -0.2) is 14.8 Å². The summed E-state index contributed by atoms with van der Waals surface area (Å²) in [7, 11) is 1.52. The molecule has 2 heterocycles. The molecule has 1 aromatic carbocycles. The van der Waals surface area contributed by atoms with Crippen LogP contribution in [0.15, 0.2) is 18.2 Å². The number of amides is 1. The number of fused-ring (bicyclic) bond motifs is 1. The molecule has 1 aliphatic rings. The fourth-order valence-corrected chi connectivity index (χ4v) is 4.15. The van der Waals surface area contributed by atoms with Gasteiger partial charge in [0.05, 0.1) is 24.2 Å². The van der Waals surface area contributed by atoms with Crippen molar-refractivity contribution < 1.29 is 33.7 Å². The molecule has 12 heteroatoms. The third-order valence-corrected chi connectivity index (χ3v) is 5.95. The van der Waals surface area contributed by atoms with Gasteiger partial charge in [0.2, 0.25) is 0 Å². The Balaban J connectivity index is 1.92. The summed E-state index contributed by atoms with van der Waals surface area (Å²) in [5, 5.41) is 15.1. The van der Waals surface area contributed by atoms with Crippen LogP contribution in [0.5, 0.6) is 11.6 Å². The van der Waals surface area contributed by atoms with E-state index in [9.17, 15) is 19.5 Å². The molecule has 37 heavy (non-hydrogen) atoms. The summed E-state index contributed by atoms with van der Waals surface area (Å²) in [5.41, 5.74) is -0.539. The second kappa shape index (κ2) is 10.7. The molecule has 202 valence electrons. The van der Waals surface area contributed by atoms with Crippen LogP contribution in [-0.2, 0) is 14.3 Å². The van der Waals surface area contributed by atoms with E-state index in [1.165, 1.54) is 7.11 Å². The highest BCUT2D eigenvalue weighted by Crippen LogP contribution is 2.31. The normalized spacial score (nSPS) is 20.8. The van der Waals surface area contributed by atoms with Crippen LogP contribution in [0.2, 0.25) is 5.15 Å². The van der Waals surface area contributed by atoms with E-state index in [0.717, 1.165) is 0 Å². The Morgan fingerprint density at radius 2 is 1.81 bits per heavy atom. The van der Waals surface area contributed by atoms with Gasteiger partial charge >= 0.3 is 12.1 Å². The molecule has 4 atom stereocenters. The highest BCUT2D eigenvalue weighted by atomic mass is 35.5. The number of hydrogen-bond acceptors (Lipinski definition) is 9. The number of rotatable bonds is 7. The number of nitrogens with zero attached hydrogens (tertiary/aromatic N) is 2. The maximum absolute atomic E-state index is 13.8. The SMILES string of the molecule is COc1ccc2nc(Cl)c(OC3CC(C(=O)O)NC3C(=O)[C@H](NC(=O)OC(C)(C)C)C(C)(C)C)nc2c1. The van der Waals surface area contributed by atoms with Gasteiger partial charge in [0.15, 0.2) is 10.9 Å². The molecular weight excluding hydrogens is 504 g/mol. The number of alkyl carbamates (subject to hydrolysis) is 1. The lowest BCUT2D eigenvalue weighted by Crippen LogP contribution is -2.58. The lowest BCUT2D eigenvalue weighted by atomic mass is 9.81. The van der Waals surface area contributed by atoms with Gasteiger partial charge in [-0.15, -0.1) is 0 Å². The van der Waals surface area contributed by atoms with E-state index in [0.29, 0.717) is 16.8 Å². The van der Waals surface area contributed by atoms with Crippen LogP contribution >= 0.6 is 11.6 Å². The number of ketones is 1. The number of Topliss-reactive ketones (excluding diaryl/α,β-unsaturated/α-hetero) is 1. The number of carboxylic acid groups (broad SMARTS) is 1. The van der Waals surface area contributed by atoms with Gasteiger partial charge in [-0.3, -0.25) is 14.9 Å². The number of ether oxygens (including phenoxy) is 3. The van der Waals surface area contributed by atoms with Crippen molar-refractivity contribution >= 4 is 40.5 Å². The number of carboxylic acids is 1. The quantitative estimate of drug-likeness (QED) is 0.480. The number of benzene rings is 1. The molecule has 11 nitrogen and oxygen atoms in total. The van der Waals surface area contributed by atoms with Crippen LogP contribution in [-0.4, -0.2) is 69.9 Å². The third kappa shape index (κ3) is 6.98. The maximum Gasteiger partial charge on any atom is 0.408 e. The zero-order valence-electron chi connectivity index (χ0n) is 21.9. The molecule has 0 aliphatic carbocycles. The van der Waals surface area contributed by atoms with Gasteiger partial charge in [0.1, 0.15) is 29.5 Å². The number of carbonyl (C=O) groups is 3. The molecule has 2 aromatic rings. The summed E-state index contributed by atoms with van der Waals surface area (Å²) in [5.74, 6) is -1.10. The second-order valence-corrected chi connectivity index (χ2v) is 11.3. The van der Waals surface area contributed by atoms with E-state index < -0.39 is 53.1 Å². The Morgan fingerprint density at radius 1 is 1.14 bits per heavy atom. The Kier molecular flexibility index (Phi) is 8.18. The second-order valence-electron chi connectivity index (χ2n) is 10.9. The number of carbonyl (C=O) groups excluding carboxylic acids is 2. The highest BCUT2D eigenvalue weighted by molar-refractivity contribution is 6.31. The molecule has 0 bridgehead atoms. The van der Waals surface area contributed by atoms with Gasteiger partial charge in [0, 0.05) is 12.5 Å². The van der Waals surface area contributed by atoms with Crippen molar-refractivity contribution in [2.24, 2.45) is 5.41 Å².